The van der Waals surface area contributed by atoms with E-state index in [0.717, 1.165) is 4.90 Å². The van der Waals surface area contributed by atoms with Gasteiger partial charge in [-0.2, -0.15) is 0 Å². The summed E-state index contributed by atoms with van der Waals surface area (Å²) in [5.41, 5.74) is 0.512. The molecule has 2 heterocycles. The second-order valence-electron chi connectivity index (χ2n) is 8.53. The molecule has 0 saturated carbocycles. The number of piperazine rings is 1. The fourth-order valence-electron chi connectivity index (χ4n) is 4.29. The zero-order valence-electron chi connectivity index (χ0n) is 19.1. The van der Waals surface area contributed by atoms with Crippen LogP contribution in [-0.2, 0) is 35.0 Å². The molecule has 34 heavy (non-hydrogen) atoms. The van der Waals surface area contributed by atoms with Crippen LogP contribution in [0.4, 0.5) is 0 Å². The first-order valence-corrected chi connectivity index (χ1v) is 12.8. The van der Waals surface area contributed by atoms with Crippen molar-refractivity contribution in [3.63, 3.8) is 0 Å². The Balaban J connectivity index is 1.76. The van der Waals surface area contributed by atoms with Crippen molar-refractivity contribution in [2.75, 3.05) is 32.7 Å². The Hall–Kier alpha value is -2.99. The maximum absolute atomic E-state index is 13.3. The van der Waals surface area contributed by atoms with E-state index in [1.165, 1.54) is 11.8 Å². The number of amides is 3. The van der Waals surface area contributed by atoms with E-state index in [9.17, 15) is 32.7 Å². The van der Waals surface area contributed by atoms with Crippen LogP contribution >= 0.6 is 0 Å². The molecule has 0 aromatic heterocycles. The van der Waals surface area contributed by atoms with Crippen LogP contribution in [0.25, 0.3) is 0 Å². The van der Waals surface area contributed by atoms with Gasteiger partial charge >= 0.3 is 5.97 Å². The molecule has 0 aliphatic carbocycles. The predicted octanol–water partition coefficient (Wildman–Crippen LogP) is -0.369. The molecule has 0 spiro atoms. The molecular formula is C22H30N4O7S. The van der Waals surface area contributed by atoms with Gasteiger partial charge in [-0.15, -0.1) is 0 Å². The predicted molar refractivity (Wildman–Crippen MR) is 122 cm³/mol. The molecule has 2 aliphatic heterocycles. The number of rotatable bonds is 8. The smallest absolute Gasteiger partial charge is 0.326 e. The van der Waals surface area contributed by atoms with Crippen molar-refractivity contribution in [1.82, 2.24) is 19.4 Å². The zero-order chi connectivity index (χ0) is 24.9. The van der Waals surface area contributed by atoms with Crippen LogP contribution in [-0.4, -0.2) is 96.7 Å². The maximum atomic E-state index is 13.3. The van der Waals surface area contributed by atoms with E-state index in [4.69, 9.17) is 0 Å². The Morgan fingerprint density at radius 1 is 1.03 bits per heavy atom. The lowest BCUT2D eigenvalue weighted by Crippen LogP contribution is -2.55. The minimum absolute atomic E-state index is 0.0948. The molecular weight excluding hydrogens is 464 g/mol. The number of hydrogen-bond donors (Lipinski definition) is 2. The van der Waals surface area contributed by atoms with E-state index in [1.54, 1.807) is 35.2 Å². The van der Waals surface area contributed by atoms with Gasteiger partial charge in [0.1, 0.15) is 12.1 Å². The van der Waals surface area contributed by atoms with Gasteiger partial charge in [-0.1, -0.05) is 30.3 Å². The lowest BCUT2D eigenvalue weighted by molar-refractivity contribution is -0.149. The van der Waals surface area contributed by atoms with Gasteiger partial charge in [0.2, 0.25) is 27.7 Å². The van der Waals surface area contributed by atoms with Crippen molar-refractivity contribution >= 4 is 33.7 Å². The summed E-state index contributed by atoms with van der Waals surface area (Å²) in [7, 11) is -4.01. The fourth-order valence-corrected chi connectivity index (χ4v) is 5.63. The van der Waals surface area contributed by atoms with Gasteiger partial charge in [0.05, 0.1) is 12.2 Å². The highest BCUT2D eigenvalue weighted by Crippen LogP contribution is 2.20. The normalized spacial score (nSPS) is 19.7. The molecule has 1 aromatic rings. The number of nitrogens with one attached hydrogen (secondary N) is 1. The molecule has 0 radical (unpaired) electrons. The number of hydrogen-bond acceptors (Lipinski definition) is 6. The largest absolute Gasteiger partial charge is 0.480 e. The number of likely N-dealkylation sites (tertiary alicyclic amines) is 1. The van der Waals surface area contributed by atoms with Gasteiger partial charge in [0.25, 0.3) is 0 Å². The van der Waals surface area contributed by atoms with Crippen molar-refractivity contribution in [2.45, 2.75) is 44.0 Å². The van der Waals surface area contributed by atoms with Gasteiger partial charge < -0.3 is 19.8 Å². The average Bonchev–Trinajstić information content (AvgIpc) is 3.28. The van der Waals surface area contributed by atoms with Gasteiger partial charge in [-0.25, -0.2) is 17.9 Å². The van der Waals surface area contributed by atoms with Gasteiger partial charge in [0.15, 0.2) is 0 Å². The van der Waals surface area contributed by atoms with E-state index >= 15 is 0 Å². The van der Waals surface area contributed by atoms with Crippen LogP contribution in [0.15, 0.2) is 30.3 Å². The second-order valence-corrected chi connectivity index (χ2v) is 10.3. The third-order valence-electron chi connectivity index (χ3n) is 6.10. The number of nitrogens with zero attached hydrogens (tertiary/aromatic N) is 3. The molecule has 1 aromatic carbocycles. The van der Waals surface area contributed by atoms with Crippen molar-refractivity contribution in [2.24, 2.45) is 0 Å². The minimum atomic E-state index is -4.01. The Kier molecular flexibility index (Phi) is 8.26. The Bertz CT molecular complexity index is 1020. The number of carboxylic acids is 1. The molecule has 0 unspecified atom stereocenters. The summed E-state index contributed by atoms with van der Waals surface area (Å²) in [6.45, 7) is 2.88. The van der Waals surface area contributed by atoms with Gasteiger partial charge in [0, 0.05) is 39.6 Å². The third kappa shape index (κ3) is 6.54. The van der Waals surface area contributed by atoms with E-state index in [2.05, 4.69) is 4.72 Å². The molecule has 2 aliphatic rings. The lowest BCUT2D eigenvalue weighted by Gasteiger charge is -2.35. The molecule has 11 nitrogen and oxygen atoms in total. The lowest BCUT2D eigenvalue weighted by atomic mass is 10.1. The molecule has 186 valence electrons. The third-order valence-corrected chi connectivity index (χ3v) is 7.45. The summed E-state index contributed by atoms with van der Waals surface area (Å²) >= 11 is 0. The van der Waals surface area contributed by atoms with Crippen molar-refractivity contribution in [3.8, 4) is 0 Å². The number of benzene rings is 1. The molecule has 2 atom stereocenters. The summed E-state index contributed by atoms with van der Waals surface area (Å²) < 4.78 is 28.1. The first-order valence-electron chi connectivity index (χ1n) is 11.2. The number of aliphatic carboxylic acids is 1. The Labute approximate surface area is 198 Å². The molecule has 12 heteroatoms. The maximum Gasteiger partial charge on any atom is 0.326 e. The first kappa shape index (κ1) is 25.6. The average molecular weight is 495 g/mol. The fraction of sp³-hybridized carbons (Fsp3) is 0.545. The van der Waals surface area contributed by atoms with E-state index in [-0.39, 0.29) is 37.7 Å². The Morgan fingerprint density at radius 2 is 1.65 bits per heavy atom. The van der Waals surface area contributed by atoms with Crippen LogP contribution in [0, 0.1) is 0 Å². The quantitative estimate of drug-likeness (QED) is 0.502. The highest BCUT2D eigenvalue weighted by Gasteiger charge is 2.39. The van der Waals surface area contributed by atoms with Gasteiger partial charge in [-0.3, -0.25) is 14.4 Å². The summed E-state index contributed by atoms with van der Waals surface area (Å²) in [6.07, 6.45) is 0.314. The summed E-state index contributed by atoms with van der Waals surface area (Å²) in [4.78, 5) is 53.6. The highest BCUT2D eigenvalue weighted by atomic mass is 32.2. The molecule has 2 fully saturated rings. The van der Waals surface area contributed by atoms with E-state index < -0.39 is 46.3 Å². The molecule has 3 rings (SSSR count). The summed E-state index contributed by atoms with van der Waals surface area (Å²) in [5.74, 6) is -2.80. The standard InChI is InChI=1S/C22H30N4O7S/c1-16(27)24-10-12-25(13-11-24)20(28)14-18(21(29)26-9-5-8-19(26)22(30)31)23-34(32,33)15-17-6-3-2-4-7-17/h2-4,6-7,18-19,23H,5,8-15H2,1H3,(H,30,31)/t18-,19+/m1/s1. The van der Waals surface area contributed by atoms with Crippen molar-refractivity contribution in [1.29, 1.82) is 0 Å². The SMILES string of the molecule is CC(=O)N1CCN(C(=O)C[C@@H](NS(=O)(=O)Cc2ccccc2)C(=O)N2CCC[C@H]2C(=O)O)CC1. The second kappa shape index (κ2) is 11.0. The van der Waals surface area contributed by atoms with Crippen molar-refractivity contribution < 1.29 is 32.7 Å². The van der Waals surface area contributed by atoms with Crippen LogP contribution in [0.5, 0.6) is 0 Å². The van der Waals surface area contributed by atoms with Crippen molar-refractivity contribution in [3.05, 3.63) is 35.9 Å². The minimum Gasteiger partial charge on any atom is -0.480 e. The molecule has 2 N–H and O–H groups in total. The van der Waals surface area contributed by atoms with E-state index in [0.29, 0.717) is 25.1 Å². The number of sulfonamides is 1. The number of carbonyl (C=O) groups is 4. The number of carbonyl (C=O) groups excluding carboxylic acids is 3. The molecule has 0 bridgehead atoms. The van der Waals surface area contributed by atoms with E-state index in [1.807, 2.05) is 0 Å². The Morgan fingerprint density at radius 3 is 2.24 bits per heavy atom. The number of carboxylic acid groups (broad SMARTS) is 1. The summed E-state index contributed by atoms with van der Waals surface area (Å²) in [5, 5.41) is 9.46. The summed E-state index contributed by atoms with van der Waals surface area (Å²) in [6, 6.07) is 5.93. The highest BCUT2D eigenvalue weighted by molar-refractivity contribution is 7.88. The first-order chi connectivity index (χ1) is 16.1. The topological polar surface area (TPSA) is 144 Å². The zero-order valence-corrected chi connectivity index (χ0v) is 19.9. The van der Waals surface area contributed by atoms with Crippen LogP contribution in [0.2, 0.25) is 0 Å². The molecule has 2 saturated heterocycles. The molecule has 3 amide bonds. The van der Waals surface area contributed by atoms with Crippen LogP contribution in [0.1, 0.15) is 31.7 Å². The monoisotopic (exact) mass is 494 g/mol. The van der Waals surface area contributed by atoms with Crippen LogP contribution in [0.3, 0.4) is 0 Å². The van der Waals surface area contributed by atoms with Crippen LogP contribution < -0.4 is 4.72 Å². The van der Waals surface area contributed by atoms with Gasteiger partial charge in [-0.05, 0) is 18.4 Å².